The third-order valence-corrected chi connectivity index (χ3v) is 6.62. The molecular weight excluding hydrogens is 470 g/mol. The van der Waals surface area contributed by atoms with Crippen molar-refractivity contribution in [3.05, 3.63) is 68.9 Å². The molecule has 0 atom stereocenters. The number of nitrogens with one attached hydrogen (secondary N) is 1. The molecule has 3 heterocycles. The van der Waals surface area contributed by atoms with Crippen LogP contribution in [0.15, 0.2) is 57.1 Å². The summed E-state index contributed by atoms with van der Waals surface area (Å²) in [5, 5.41) is 3.33. The van der Waals surface area contributed by atoms with Crippen LogP contribution in [0.4, 0.5) is 5.69 Å². The minimum atomic E-state index is -0.516. The van der Waals surface area contributed by atoms with Crippen LogP contribution in [0.2, 0.25) is 0 Å². The van der Waals surface area contributed by atoms with E-state index in [0.717, 1.165) is 27.5 Å². The highest BCUT2D eigenvalue weighted by Crippen LogP contribution is 2.34. The number of benzene rings is 2. The van der Waals surface area contributed by atoms with E-state index in [9.17, 15) is 14.4 Å². The van der Waals surface area contributed by atoms with Crippen molar-refractivity contribution in [2.45, 2.75) is 11.9 Å². The van der Waals surface area contributed by atoms with Crippen molar-refractivity contribution < 1.29 is 14.3 Å². The van der Waals surface area contributed by atoms with Crippen LogP contribution < -0.4 is 26.0 Å². The maximum absolute atomic E-state index is 13.0. The van der Waals surface area contributed by atoms with E-state index in [1.807, 2.05) is 31.2 Å². The van der Waals surface area contributed by atoms with Gasteiger partial charge in [-0.3, -0.25) is 18.7 Å². The maximum Gasteiger partial charge on any atom is 0.332 e. The second kappa shape index (κ2) is 8.91. The van der Waals surface area contributed by atoms with Gasteiger partial charge in [-0.2, -0.15) is 0 Å². The molecule has 178 valence electrons. The molecule has 0 spiro atoms. The molecule has 4 aromatic rings. The molecule has 0 aliphatic carbocycles. The van der Waals surface area contributed by atoms with E-state index in [1.165, 1.54) is 11.6 Å². The van der Waals surface area contributed by atoms with E-state index < -0.39 is 11.2 Å². The maximum atomic E-state index is 13.0. The Hall–Kier alpha value is -4.12. The quantitative estimate of drug-likeness (QED) is 0.334. The highest BCUT2D eigenvalue weighted by molar-refractivity contribution is 8.00. The largest absolute Gasteiger partial charge is 0.454 e. The summed E-state index contributed by atoms with van der Waals surface area (Å²) in [5.41, 5.74) is 1.48. The van der Waals surface area contributed by atoms with Crippen LogP contribution in [0, 0.1) is 6.92 Å². The van der Waals surface area contributed by atoms with Crippen molar-refractivity contribution >= 4 is 34.4 Å². The lowest BCUT2D eigenvalue weighted by Gasteiger charge is -2.13. The van der Waals surface area contributed by atoms with Gasteiger partial charge in [0.15, 0.2) is 23.0 Å². The first-order chi connectivity index (χ1) is 16.8. The van der Waals surface area contributed by atoms with Crippen LogP contribution in [0.5, 0.6) is 11.5 Å². The van der Waals surface area contributed by atoms with Gasteiger partial charge in [0, 0.05) is 31.4 Å². The van der Waals surface area contributed by atoms with Crippen LogP contribution in [0.25, 0.3) is 22.4 Å². The minimum absolute atomic E-state index is 0.0141. The van der Waals surface area contributed by atoms with Gasteiger partial charge >= 0.3 is 5.69 Å². The Morgan fingerprint density at radius 3 is 2.63 bits per heavy atom. The smallest absolute Gasteiger partial charge is 0.332 e. The molecule has 0 radical (unpaired) electrons. The van der Waals surface area contributed by atoms with Crippen molar-refractivity contribution in [2.24, 2.45) is 14.1 Å². The predicted octanol–water partition coefficient (Wildman–Crippen LogP) is 2.46. The number of carbonyl (C=O) groups excluding carboxylic acids is 1. The zero-order valence-electron chi connectivity index (χ0n) is 19.2. The second-order valence-electron chi connectivity index (χ2n) is 7.98. The van der Waals surface area contributed by atoms with Crippen LogP contribution in [-0.4, -0.2) is 37.6 Å². The van der Waals surface area contributed by atoms with Crippen LogP contribution in [0.1, 0.15) is 5.56 Å². The van der Waals surface area contributed by atoms with E-state index in [1.54, 1.807) is 25.2 Å². The summed E-state index contributed by atoms with van der Waals surface area (Å²) >= 11 is 1.11. The molecule has 2 aromatic heterocycles. The van der Waals surface area contributed by atoms with Gasteiger partial charge in [-0.1, -0.05) is 36.0 Å². The number of fused-ring (bicyclic) bond motifs is 2. The molecule has 11 heteroatoms. The molecule has 0 unspecified atom stereocenters. The standard InChI is InChI=1S/C24H21N5O5S/c1-13-6-4-5-7-15(13)20-26-21-19(23(31)29(3)24(32)28(21)2)22(27-20)35-11-18(30)25-14-8-9-16-17(10-14)34-12-33-16/h4-10H,11-12H2,1-3H3,(H,25,30). The molecule has 1 amide bonds. The van der Waals surface area contributed by atoms with Gasteiger partial charge in [0.25, 0.3) is 5.56 Å². The molecule has 35 heavy (non-hydrogen) atoms. The summed E-state index contributed by atoms with van der Waals surface area (Å²) in [6.45, 7) is 2.07. The number of rotatable bonds is 5. The number of hydrogen-bond acceptors (Lipinski definition) is 8. The first-order valence-corrected chi connectivity index (χ1v) is 11.7. The van der Waals surface area contributed by atoms with Crippen LogP contribution in [0.3, 0.4) is 0 Å². The van der Waals surface area contributed by atoms with Gasteiger partial charge in [-0.05, 0) is 24.6 Å². The van der Waals surface area contributed by atoms with E-state index in [-0.39, 0.29) is 29.5 Å². The lowest BCUT2D eigenvalue weighted by Crippen LogP contribution is -2.37. The Balaban J connectivity index is 1.51. The molecule has 0 saturated carbocycles. The van der Waals surface area contributed by atoms with E-state index in [0.29, 0.717) is 28.0 Å². The van der Waals surface area contributed by atoms with Crippen LogP contribution in [-0.2, 0) is 18.9 Å². The van der Waals surface area contributed by atoms with E-state index in [4.69, 9.17) is 9.47 Å². The van der Waals surface area contributed by atoms with Crippen molar-refractivity contribution in [3.63, 3.8) is 0 Å². The number of hydrogen-bond donors (Lipinski definition) is 1. The Kier molecular flexibility index (Phi) is 5.77. The van der Waals surface area contributed by atoms with Gasteiger partial charge < -0.3 is 14.8 Å². The number of ether oxygens (including phenoxy) is 2. The van der Waals surface area contributed by atoms with E-state index >= 15 is 0 Å². The summed E-state index contributed by atoms with van der Waals surface area (Å²) in [5.74, 6) is 1.25. The number of thioether (sulfide) groups is 1. The SMILES string of the molecule is Cc1ccccc1-c1nc(SCC(=O)Nc2ccc3c(c2)OCO3)c2c(=O)n(C)c(=O)n(C)c2n1. The summed E-state index contributed by atoms with van der Waals surface area (Å²) < 4.78 is 13.0. The Morgan fingerprint density at radius 2 is 1.83 bits per heavy atom. The fourth-order valence-electron chi connectivity index (χ4n) is 3.78. The molecule has 0 fully saturated rings. The summed E-state index contributed by atoms with van der Waals surface area (Å²) in [4.78, 5) is 47.5. The molecule has 5 rings (SSSR count). The van der Waals surface area contributed by atoms with Crippen LogP contribution >= 0.6 is 11.8 Å². The average Bonchev–Trinajstić information content (AvgIpc) is 3.32. The summed E-state index contributed by atoms with van der Waals surface area (Å²) in [7, 11) is 2.96. The molecule has 0 saturated heterocycles. The highest BCUT2D eigenvalue weighted by Gasteiger charge is 2.20. The summed E-state index contributed by atoms with van der Waals surface area (Å²) in [6.07, 6.45) is 0. The first kappa shape index (κ1) is 22.7. The fourth-order valence-corrected chi connectivity index (χ4v) is 4.60. The normalized spacial score (nSPS) is 12.2. The van der Waals surface area contributed by atoms with Gasteiger partial charge in [-0.25, -0.2) is 14.8 Å². The molecule has 1 aliphatic heterocycles. The molecular formula is C24H21N5O5S. The third-order valence-electron chi connectivity index (χ3n) is 5.65. The van der Waals surface area contributed by atoms with Gasteiger partial charge in [0.1, 0.15) is 10.4 Å². The number of carbonyl (C=O) groups is 1. The third kappa shape index (κ3) is 4.14. The Morgan fingerprint density at radius 1 is 1.06 bits per heavy atom. The molecule has 10 nitrogen and oxygen atoms in total. The topological polar surface area (TPSA) is 117 Å². The average molecular weight is 492 g/mol. The first-order valence-electron chi connectivity index (χ1n) is 10.7. The van der Waals surface area contributed by atoms with Crippen molar-refractivity contribution in [3.8, 4) is 22.9 Å². The zero-order valence-corrected chi connectivity index (χ0v) is 20.0. The zero-order chi connectivity index (χ0) is 24.7. The Bertz CT molecular complexity index is 1610. The monoisotopic (exact) mass is 491 g/mol. The minimum Gasteiger partial charge on any atom is -0.454 e. The van der Waals surface area contributed by atoms with Crippen molar-refractivity contribution in [2.75, 3.05) is 17.9 Å². The lowest BCUT2D eigenvalue weighted by atomic mass is 10.1. The Labute approximate surface area is 203 Å². The number of nitrogens with zero attached hydrogens (tertiary/aromatic N) is 4. The molecule has 2 aromatic carbocycles. The van der Waals surface area contributed by atoms with E-state index in [2.05, 4.69) is 15.3 Å². The molecule has 1 N–H and O–H groups in total. The lowest BCUT2D eigenvalue weighted by molar-refractivity contribution is -0.113. The fraction of sp³-hybridized carbons (Fsp3) is 0.208. The highest BCUT2D eigenvalue weighted by atomic mass is 32.2. The number of aromatic nitrogens is 4. The second-order valence-corrected chi connectivity index (χ2v) is 8.94. The van der Waals surface area contributed by atoms with Crippen molar-refractivity contribution in [1.82, 2.24) is 19.1 Å². The van der Waals surface area contributed by atoms with Gasteiger partial charge in [0.2, 0.25) is 12.7 Å². The number of aryl methyl sites for hydroxylation is 2. The number of anilines is 1. The molecule has 0 bridgehead atoms. The number of amides is 1. The van der Waals surface area contributed by atoms with Crippen molar-refractivity contribution in [1.29, 1.82) is 0 Å². The summed E-state index contributed by atoms with van der Waals surface area (Å²) in [6, 6.07) is 12.7. The predicted molar refractivity (Wildman–Crippen MR) is 132 cm³/mol. The van der Waals surface area contributed by atoms with Gasteiger partial charge in [0.05, 0.1) is 5.75 Å². The molecule has 1 aliphatic rings. The van der Waals surface area contributed by atoms with Gasteiger partial charge in [-0.15, -0.1) is 0 Å².